The van der Waals surface area contributed by atoms with E-state index in [-0.39, 0.29) is 17.7 Å². The van der Waals surface area contributed by atoms with E-state index in [1.165, 1.54) is 0 Å². The van der Waals surface area contributed by atoms with Crippen molar-refractivity contribution in [2.45, 2.75) is 63.6 Å². The monoisotopic (exact) mass is 244 g/mol. The van der Waals surface area contributed by atoms with Crippen molar-refractivity contribution in [2.24, 2.45) is 5.73 Å². The second-order valence-electron chi connectivity index (χ2n) is 5.62. The molecule has 0 aromatic carbocycles. The Balaban J connectivity index is 2.67. The maximum atomic E-state index is 8.98. The van der Waals surface area contributed by atoms with E-state index in [1.54, 1.807) is 0 Å². The predicted octanol–water partition coefficient (Wildman–Crippen LogP) is 1.02. The number of rotatable bonds is 6. The highest BCUT2D eigenvalue weighted by Crippen LogP contribution is 2.34. The largest absolute Gasteiger partial charge is 0.396 e. The molecule has 4 N–H and O–H groups in total. The first-order chi connectivity index (χ1) is 7.99. The van der Waals surface area contributed by atoms with Gasteiger partial charge in [0, 0.05) is 31.3 Å². The van der Waals surface area contributed by atoms with Crippen molar-refractivity contribution in [1.82, 2.24) is 5.32 Å². The first-order valence-corrected chi connectivity index (χ1v) is 6.72. The van der Waals surface area contributed by atoms with Crippen LogP contribution in [0.25, 0.3) is 0 Å². The van der Waals surface area contributed by atoms with Gasteiger partial charge in [0.15, 0.2) is 0 Å². The average Bonchev–Trinajstić information content (AvgIpc) is 2.29. The molecule has 17 heavy (non-hydrogen) atoms. The SMILES string of the molecule is CCC1(C)CC(CN)(NC(C)CCO)CCO1. The van der Waals surface area contributed by atoms with Crippen LogP contribution in [0.5, 0.6) is 0 Å². The van der Waals surface area contributed by atoms with Crippen LogP contribution in [0, 0.1) is 0 Å². The van der Waals surface area contributed by atoms with Crippen molar-refractivity contribution in [3.63, 3.8) is 0 Å². The van der Waals surface area contributed by atoms with Gasteiger partial charge >= 0.3 is 0 Å². The van der Waals surface area contributed by atoms with Gasteiger partial charge in [0.05, 0.1) is 5.60 Å². The highest BCUT2D eigenvalue weighted by Gasteiger charge is 2.41. The van der Waals surface area contributed by atoms with E-state index in [9.17, 15) is 0 Å². The fourth-order valence-corrected chi connectivity index (χ4v) is 2.72. The molecule has 3 unspecified atom stereocenters. The van der Waals surface area contributed by atoms with Gasteiger partial charge in [-0.05, 0) is 39.5 Å². The maximum absolute atomic E-state index is 8.98. The van der Waals surface area contributed by atoms with Gasteiger partial charge < -0.3 is 20.9 Å². The van der Waals surface area contributed by atoms with Gasteiger partial charge in [0.2, 0.25) is 0 Å². The van der Waals surface area contributed by atoms with Crippen LogP contribution in [0.1, 0.15) is 46.5 Å². The van der Waals surface area contributed by atoms with Crippen molar-refractivity contribution >= 4 is 0 Å². The third-order valence-electron chi connectivity index (χ3n) is 4.00. The minimum atomic E-state index is -0.0659. The zero-order chi connectivity index (χ0) is 12.9. The van der Waals surface area contributed by atoms with Gasteiger partial charge in [-0.1, -0.05) is 6.92 Å². The van der Waals surface area contributed by atoms with E-state index >= 15 is 0 Å². The first kappa shape index (κ1) is 14.9. The van der Waals surface area contributed by atoms with Crippen LogP contribution in [0.3, 0.4) is 0 Å². The lowest BCUT2D eigenvalue weighted by molar-refractivity contribution is -0.101. The van der Waals surface area contributed by atoms with Crippen LogP contribution < -0.4 is 11.1 Å². The van der Waals surface area contributed by atoms with Crippen LogP contribution in [0.2, 0.25) is 0 Å². The molecule has 1 heterocycles. The normalized spacial score (nSPS) is 35.8. The summed E-state index contributed by atoms with van der Waals surface area (Å²) in [6, 6.07) is 0.294. The molecule has 0 spiro atoms. The lowest BCUT2D eigenvalue weighted by Crippen LogP contribution is -2.61. The molecule has 4 nitrogen and oxygen atoms in total. The number of hydrogen-bond donors (Lipinski definition) is 3. The number of aliphatic hydroxyl groups excluding tert-OH is 1. The van der Waals surface area contributed by atoms with Crippen molar-refractivity contribution in [3.8, 4) is 0 Å². The summed E-state index contributed by atoms with van der Waals surface area (Å²) in [7, 11) is 0. The van der Waals surface area contributed by atoms with Crippen molar-refractivity contribution in [2.75, 3.05) is 19.8 Å². The quantitative estimate of drug-likeness (QED) is 0.652. The third-order valence-corrected chi connectivity index (χ3v) is 4.00. The zero-order valence-electron chi connectivity index (χ0n) is 11.5. The van der Waals surface area contributed by atoms with Crippen LogP contribution >= 0.6 is 0 Å². The molecule has 3 atom stereocenters. The van der Waals surface area contributed by atoms with Gasteiger partial charge in [-0.25, -0.2) is 0 Å². The average molecular weight is 244 g/mol. The van der Waals surface area contributed by atoms with E-state index in [1.807, 2.05) is 0 Å². The van der Waals surface area contributed by atoms with Crippen LogP contribution in [-0.2, 0) is 4.74 Å². The number of nitrogens with two attached hydrogens (primary N) is 1. The summed E-state index contributed by atoms with van der Waals surface area (Å²) < 4.78 is 5.87. The smallest absolute Gasteiger partial charge is 0.0670 e. The Labute approximate surface area is 105 Å². The first-order valence-electron chi connectivity index (χ1n) is 6.72. The van der Waals surface area contributed by atoms with Gasteiger partial charge in [0.1, 0.15) is 0 Å². The standard InChI is InChI=1S/C13H28N2O2/c1-4-12(3)9-13(10-14,6-8-17-12)15-11(2)5-7-16/h11,15-16H,4-10,14H2,1-3H3. The topological polar surface area (TPSA) is 67.5 Å². The number of aliphatic hydroxyl groups is 1. The van der Waals surface area contributed by atoms with E-state index in [2.05, 4.69) is 26.1 Å². The molecule has 1 aliphatic heterocycles. The molecule has 1 saturated heterocycles. The number of nitrogens with one attached hydrogen (secondary N) is 1. The van der Waals surface area contributed by atoms with Crippen molar-refractivity contribution < 1.29 is 9.84 Å². The third kappa shape index (κ3) is 3.91. The second-order valence-corrected chi connectivity index (χ2v) is 5.62. The molecule has 1 aliphatic rings. The van der Waals surface area contributed by atoms with E-state index in [4.69, 9.17) is 15.6 Å². The Kier molecular flexibility index (Phi) is 5.38. The fraction of sp³-hybridized carbons (Fsp3) is 1.00. The van der Waals surface area contributed by atoms with E-state index < -0.39 is 0 Å². The Bertz CT molecular complexity index is 237. The summed E-state index contributed by atoms with van der Waals surface area (Å²) in [6.07, 6.45) is 3.67. The van der Waals surface area contributed by atoms with Gasteiger partial charge in [-0.3, -0.25) is 0 Å². The summed E-state index contributed by atoms with van der Waals surface area (Å²) in [4.78, 5) is 0. The molecule has 0 saturated carbocycles. The van der Waals surface area contributed by atoms with Gasteiger partial charge in [-0.2, -0.15) is 0 Å². The summed E-state index contributed by atoms with van der Waals surface area (Å²) in [6.45, 7) is 8.03. The summed E-state index contributed by atoms with van der Waals surface area (Å²) in [5, 5.41) is 12.6. The second kappa shape index (κ2) is 6.14. The molecule has 0 radical (unpaired) electrons. The van der Waals surface area contributed by atoms with Crippen LogP contribution in [-0.4, -0.2) is 42.0 Å². The van der Waals surface area contributed by atoms with Crippen LogP contribution in [0.4, 0.5) is 0 Å². The minimum Gasteiger partial charge on any atom is -0.396 e. The summed E-state index contributed by atoms with van der Waals surface area (Å²) in [5.74, 6) is 0. The van der Waals surface area contributed by atoms with Crippen molar-refractivity contribution in [3.05, 3.63) is 0 Å². The molecule has 0 aliphatic carbocycles. The molecular formula is C13H28N2O2. The highest BCUT2D eigenvalue weighted by molar-refractivity contribution is 4.99. The molecule has 4 heteroatoms. The predicted molar refractivity (Wildman–Crippen MR) is 70.0 cm³/mol. The minimum absolute atomic E-state index is 0.0302. The molecule has 0 aromatic rings. The van der Waals surface area contributed by atoms with Crippen molar-refractivity contribution in [1.29, 1.82) is 0 Å². The summed E-state index contributed by atoms with van der Waals surface area (Å²) >= 11 is 0. The maximum Gasteiger partial charge on any atom is 0.0670 e. The number of ether oxygens (including phenoxy) is 1. The molecular weight excluding hydrogens is 216 g/mol. The Morgan fingerprint density at radius 3 is 2.76 bits per heavy atom. The molecule has 1 fully saturated rings. The Hall–Kier alpha value is -0.160. The van der Waals surface area contributed by atoms with E-state index in [0.717, 1.165) is 32.3 Å². The van der Waals surface area contributed by atoms with Gasteiger partial charge in [-0.15, -0.1) is 0 Å². The lowest BCUT2D eigenvalue weighted by atomic mass is 9.78. The van der Waals surface area contributed by atoms with Gasteiger partial charge in [0.25, 0.3) is 0 Å². The lowest BCUT2D eigenvalue weighted by Gasteiger charge is -2.47. The molecule has 1 rings (SSSR count). The summed E-state index contributed by atoms with van der Waals surface area (Å²) in [5.41, 5.74) is 5.88. The van der Waals surface area contributed by atoms with Crippen LogP contribution in [0.15, 0.2) is 0 Å². The molecule has 0 bridgehead atoms. The number of hydrogen-bond acceptors (Lipinski definition) is 4. The van der Waals surface area contributed by atoms with E-state index in [0.29, 0.717) is 12.6 Å². The zero-order valence-corrected chi connectivity index (χ0v) is 11.5. The highest BCUT2D eigenvalue weighted by atomic mass is 16.5. The fourth-order valence-electron chi connectivity index (χ4n) is 2.72. The Morgan fingerprint density at radius 1 is 1.53 bits per heavy atom. The molecule has 102 valence electrons. The molecule has 0 aromatic heterocycles. The Morgan fingerprint density at radius 2 is 2.24 bits per heavy atom. The molecule has 0 amide bonds.